The van der Waals surface area contributed by atoms with Crippen molar-refractivity contribution in [1.29, 1.82) is 0 Å². The smallest absolute Gasteiger partial charge is 0.410 e. The van der Waals surface area contributed by atoms with Crippen molar-refractivity contribution in [2.45, 2.75) is 58.3 Å². The molecule has 13 heteroatoms. The zero-order valence-corrected chi connectivity index (χ0v) is 26.4. The summed E-state index contributed by atoms with van der Waals surface area (Å²) >= 11 is 0. The van der Waals surface area contributed by atoms with Gasteiger partial charge in [0, 0.05) is 48.7 Å². The molecule has 2 unspecified atom stereocenters. The van der Waals surface area contributed by atoms with Crippen molar-refractivity contribution in [1.82, 2.24) is 44.4 Å². The van der Waals surface area contributed by atoms with Crippen molar-refractivity contribution in [2.75, 3.05) is 6.54 Å². The Morgan fingerprint density at radius 1 is 0.809 bits per heavy atom. The third-order valence-corrected chi connectivity index (χ3v) is 8.21. The van der Waals surface area contributed by atoms with Crippen molar-refractivity contribution in [3.8, 4) is 34.0 Å². The van der Waals surface area contributed by atoms with Crippen LogP contribution in [-0.4, -0.2) is 78.9 Å². The van der Waals surface area contributed by atoms with Gasteiger partial charge in [-0.2, -0.15) is 10.2 Å². The lowest BCUT2D eigenvalue weighted by Gasteiger charge is -2.40. The number of phenolic OH excluding ortho intramolecular Hbond substituents is 2. The van der Waals surface area contributed by atoms with Crippen LogP contribution in [0.1, 0.15) is 33.6 Å². The SMILES string of the molecule is CC(C)(C)OC(=O)N1CCC(Cn2cc(-c3cnc4ccc(O)cc4n3)cn2)CC1Cn1cc(-c2cnc3ccc(O)cc3n2)cn1. The van der Waals surface area contributed by atoms with Crippen molar-refractivity contribution < 1.29 is 19.7 Å². The molecular weight excluding hydrogens is 598 g/mol. The van der Waals surface area contributed by atoms with Gasteiger partial charge >= 0.3 is 6.09 Å². The number of carbonyl (C=O) groups is 1. The molecule has 13 nitrogen and oxygen atoms in total. The lowest BCUT2D eigenvalue weighted by Crippen LogP contribution is -2.50. The van der Waals surface area contributed by atoms with Crippen LogP contribution in [-0.2, 0) is 17.8 Å². The van der Waals surface area contributed by atoms with Gasteiger partial charge in [0.1, 0.15) is 17.1 Å². The van der Waals surface area contributed by atoms with Crippen LogP contribution in [0.15, 0.2) is 73.6 Å². The zero-order chi connectivity index (χ0) is 32.7. The summed E-state index contributed by atoms with van der Waals surface area (Å²) in [5, 5.41) is 29.0. The molecular formula is C34H35N9O4. The third kappa shape index (κ3) is 6.69. The molecule has 1 amide bonds. The van der Waals surface area contributed by atoms with Gasteiger partial charge in [-0.15, -0.1) is 0 Å². The summed E-state index contributed by atoms with van der Waals surface area (Å²) < 4.78 is 9.53. The highest BCUT2D eigenvalue weighted by atomic mass is 16.6. The van der Waals surface area contributed by atoms with Gasteiger partial charge in [0.05, 0.1) is 70.8 Å². The van der Waals surface area contributed by atoms with E-state index in [0.29, 0.717) is 53.1 Å². The molecule has 1 aliphatic heterocycles. The van der Waals surface area contributed by atoms with Gasteiger partial charge in [0.2, 0.25) is 0 Å². The number of hydrogen-bond donors (Lipinski definition) is 2. The van der Waals surface area contributed by atoms with Crippen LogP contribution < -0.4 is 0 Å². The molecule has 2 N–H and O–H groups in total. The summed E-state index contributed by atoms with van der Waals surface area (Å²) in [7, 11) is 0. The Morgan fingerprint density at radius 3 is 1.91 bits per heavy atom. The zero-order valence-electron chi connectivity index (χ0n) is 26.4. The highest BCUT2D eigenvalue weighted by molar-refractivity contribution is 5.79. The van der Waals surface area contributed by atoms with Crippen molar-refractivity contribution in [3.63, 3.8) is 0 Å². The standard InChI is InChI=1S/C34H35N9O4/c1-34(2,3)47-33(46)43-9-8-21(17-41-18-22(13-37-41)31-15-35-27-6-4-25(44)11-29(27)39-31)10-24(43)20-42-19-23(14-38-42)32-16-36-28-7-5-26(45)12-30(28)40-32/h4-7,11-16,18-19,21,24,44-45H,8-10,17,20H2,1-3H3. The third-order valence-electron chi connectivity index (χ3n) is 8.21. The maximum Gasteiger partial charge on any atom is 0.410 e. The van der Waals surface area contributed by atoms with Crippen LogP contribution in [0.4, 0.5) is 4.79 Å². The van der Waals surface area contributed by atoms with E-state index in [1.807, 2.05) is 47.4 Å². The van der Waals surface area contributed by atoms with Crippen LogP contribution in [0.2, 0.25) is 0 Å². The monoisotopic (exact) mass is 633 g/mol. The minimum Gasteiger partial charge on any atom is -0.508 e. The van der Waals surface area contributed by atoms with Crippen molar-refractivity contribution in [2.24, 2.45) is 5.92 Å². The summed E-state index contributed by atoms with van der Waals surface area (Å²) in [6, 6.07) is 9.65. The maximum absolute atomic E-state index is 13.3. The minimum atomic E-state index is -0.615. The van der Waals surface area contributed by atoms with Crippen LogP contribution in [0.25, 0.3) is 44.6 Å². The van der Waals surface area contributed by atoms with Gasteiger partial charge in [0.15, 0.2) is 0 Å². The molecule has 4 aromatic heterocycles. The Hall–Kier alpha value is -5.59. The topological polar surface area (TPSA) is 157 Å². The maximum atomic E-state index is 13.3. The quantitative estimate of drug-likeness (QED) is 0.242. The fourth-order valence-electron chi connectivity index (χ4n) is 5.98. The first-order chi connectivity index (χ1) is 22.6. The average Bonchev–Trinajstić information content (AvgIpc) is 3.69. The summed E-state index contributed by atoms with van der Waals surface area (Å²) in [5.41, 5.74) is 4.92. The van der Waals surface area contributed by atoms with Gasteiger partial charge in [0.25, 0.3) is 0 Å². The van der Waals surface area contributed by atoms with Crippen LogP contribution >= 0.6 is 0 Å². The molecule has 0 radical (unpaired) electrons. The summed E-state index contributed by atoms with van der Waals surface area (Å²) in [5.74, 6) is 0.519. The number of carbonyl (C=O) groups excluding carboxylic acids is 1. The molecule has 0 saturated carbocycles. The van der Waals surface area contributed by atoms with Gasteiger partial charge < -0.3 is 19.8 Å². The van der Waals surface area contributed by atoms with Gasteiger partial charge in [-0.1, -0.05) is 0 Å². The van der Waals surface area contributed by atoms with E-state index in [1.165, 1.54) is 0 Å². The lowest BCUT2D eigenvalue weighted by molar-refractivity contribution is 0.000510. The lowest BCUT2D eigenvalue weighted by atomic mass is 9.91. The van der Waals surface area contributed by atoms with Crippen molar-refractivity contribution >= 4 is 28.2 Å². The van der Waals surface area contributed by atoms with Crippen LogP contribution in [0, 0.1) is 5.92 Å². The predicted molar refractivity (Wildman–Crippen MR) is 174 cm³/mol. The van der Waals surface area contributed by atoms with E-state index in [4.69, 9.17) is 4.74 Å². The van der Waals surface area contributed by atoms with E-state index in [1.54, 1.807) is 61.2 Å². The van der Waals surface area contributed by atoms with Crippen molar-refractivity contribution in [3.05, 3.63) is 73.6 Å². The molecule has 240 valence electrons. The number of piperidine rings is 1. The van der Waals surface area contributed by atoms with Gasteiger partial charge in [-0.05, 0) is 63.8 Å². The predicted octanol–water partition coefficient (Wildman–Crippen LogP) is 5.43. The van der Waals surface area contributed by atoms with Gasteiger partial charge in [-0.25, -0.2) is 14.8 Å². The van der Waals surface area contributed by atoms with Gasteiger partial charge in [-0.3, -0.25) is 19.3 Å². The normalized spacial score (nSPS) is 17.0. The molecule has 0 bridgehead atoms. The summed E-state index contributed by atoms with van der Waals surface area (Å²) in [6.07, 6.45) is 12.0. The second-order valence-electron chi connectivity index (χ2n) is 13.0. The molecule has 7 rings (SSSR count). The Labute approximate surface area is 270 Å². The molecule has 1 fully saturated rings. The second-order valence-corrected chi connectivity index (χ2v) is 13.0. The number of benzene rings is 2. The molecule has 2 aromatic carbocycles. The Balaban J connectivity index is 1.09. The number of aromatic nitrogens is 8. The number of likely N-dealkylation sites (tertiary alicyclic amines) is 1. The first kappa shape index (κ1) is 30.1. The first-order valence-electron chi connectivity index (χ1n) is 15.5. The molecule has 2 atom stereocenters. The van der Waals surface area contributed by atoms with E-state index < -0.39 is 5.60 Å². The second kappa shape index (κ2) is 12.0. The van der Waals surface area contributed by atoms with E-state index in [9.17, 15) is 15.0 Å². The van der Waals surface area contributed by atoms with E-state index >= 15 is 0 Å². The number of amides is 1. The molecule has 5 heterocycles. The Morgan fingerprint density at radius 2 is 1.36 bits per heavy atom. The molecule has 1 saturated heterocycles. The molecule has 6 aromatic rings. The number of aromatic hydroxyl groups is 2. The number of rotatable bonds is 6. The Kier molecular flexibility index (Phi) is 7.66. The van der Waals surface area contributed by atoms with E-state index in [0.717, 1.165) is 24.0 Å². The molecule has 1 aliphatic rings. The molecule has 0 aliphatic carbocycles. The highest BCUT2D eigenvalue weighted by Gasteiger charge is 2.35. The summed E-state index contributed by atoms with van der Waals surface area (Å²) in [4.78, 5) is 33.4. The number of fused-ring (bicyclic) bond motifs is 2. The number of ether oxygens (including phenoxy) is 1. The largest absolute Gasteiger partial charge is 0.508 e. The summed E-state index contributed by atoms with van der Waals surface area (Å²) in [6.45, 7) is 7.30. The minimum absolute atomic E-state index is 0.128. The molecule has 0 spiro atoms. The highest BCUT2D eigenvalue weighted by Crippen LogP contribution is 2.29. The Bertz CT molecular complexity index is 2080. The number of phenols is 2. The molecule has 47 heavy (non-hydrogen) atoms. The average molecular weight is 634 g/mol. The first-order valence-corrected chi connectivity index (χ1v) is 15.5. The van der Waals surface area contributed by atoms with Crippen LogP contribution in [0.5, 0.6) is 11.5 Å². The van der Waals surface area contributed by atoms with E-state index in [-0.39, 0.29) is 29.6 Å². The van der Waals surface area contributed by atoms with Crippen LogP contribution in [0.3, 0.4) is 0 Å². The fraction of sp³-hybridized carbons (Fsp3) is 0.324. The van der Waals surface area contributed by atoms with E-state index in [2.05, 4.69) is 30.1 Å². The number of nitrogens with zero attached hydrogens (tertiary/aromatic N) is 9. The number of hydrogen-bond acceptors (Lipinski definition) is 10. The fourth-order valence-corrected chi connectivity index (χ4v) is 5.98.